The van der Waals surface area contributed by atoms with Crippen LogP contribution in [0.1, 0.15) is 0 Å². The lowest BCUT2D eigenvalue weighted by Gasteiger charge is -1.92. The Hall–Kier alpha value is -0.610. The van der Waals surface area contributed by atoms with E-state index in [4.69, 9.17) is 0 Å². The highest BCUT2D eigenvalue weighted by molar-refractivity contribution is 9.10. The van der Waals surface area contributed by atoms with Crippen LogP contribution in [0.4, 0.5) is 0 Å². The van der Waals surface area contributed by atoms with Crippen molar-refractivity contribution in [3.8, 4) is 0 Å². The highest BCUT2D eigenvalue weighted by Crippen LogP contribution is 2.20. The second-order valence-corrected chi connectivity index (χ2v) is 4.45. The van der Waals surface area contributed by atoms with E-state index in [9.17, 15) is 4.79 Å². The van der Waals surface area contributed by atoms with E-state index in [2.05, 4.69) is 15.9 Å². The minimum Gasteiger partial charge on any atom is -0.302 e. The predicted octanol–water partition coefficient (Wildman–Crippen LogP) is 2.36. The van der Waals surface area contributed by atoms with E-state index in [0.717, 1.165) is 14.7 Å². The summed E-state index contributed by atoms with van der Waals surface area (Å²) in [5.74, 6) is 0. The van der Waals surface area contributed by atoms with Gasteiger partial charge in [0.2, 0.25) is 0 Å². The van der Waals surface area contributed by atoms with Crippen molar-refractivity contribution in [3.63, 3.8) is 0 Å². The SMILES string of the molecule is Cn1c(=O)sc2cc(Br)ccc21. The standard InChI is InChI=1S/C8H6BrNOS/c1-10-6-3-2-5(9)4-7(6)12-8(10)11/h2-4H,1H3. The minimum absolute atomic E-state index is 0.0862. The Bertz CT molecular complexity index is 485. The maximum Gasteiger partial charge on any atom is 0.307 e. The third-order valence-corrected chi connectivity index (χ3v) is 3.24. The van der Waals surface area contributed by atoms with Gasteiger partial charge in [-0.25, -0.2) is 0 Å². The van der Waals surface area contributed by atoms with E-state index in [1.54, 1.807) is 11.6 Å². The molecule has 0 saturated carbocycles. The molecule has 2 rings (SSSR count). The second kappa shape index (κ2) is 2.71. The molecule has 0 fully saturated rings. The summed E-state index contributed by atoms with van der Waals surface area (Å²) in [7, 11) is 1.79. The average molecular weight is 244 g/mol. The van der Waals surface area contributed by atoms with Gasteiger partial charge >= 0.3 is 4.87 Å². The molecular formula is C8H6BrNOS. The molecule has 12 heavy (non-hydrogen) atoms. The van der Waals surface area contributed by atoms with Crippen LogP contribution in [0.15, 0.2) is 27.5 Å². The van der Waals surface area contributed by atoms with Crippen LogP contribution in [0.2, 0.25) is 0 Å². The van der Waals surface area contributed by atoms with Gasteiger partial charge in [-0.15, -0.1) is 0 Å². The fourth-order valence-corrected chi connectivity index (χ4v) is 2.54. The maximum absolute atomic E-state index is 11.2. The highest BCUT2D eigenvalue weighted by Gasteiger charge is 2.02. The van der Waals surface area contributed by atoms with Gasteiger partial charge in [-0.2, -0.15) is 0 Å². The van der Waals surface area contributed by atoms with E-state index in [1.165, 1.54) is 11.3 Å². The Balaban J connectivity index is 2.96. The first-order valence-electron chi connectivity index (χ1n) is 3.43. The molecule has 0 saturated heterocycles. The van der Waals surface area contributed by atoms with Crippen LogP contribution < -0.4 is 4.87 Å². The number of rotatable bonds is 0. The number of halogens is 1. The van der Waals surface area contributed by atoms with Crippen LogP contribution in [-0.2, 0) is 7.05 Å². The van der Waals surface area contributed by atoms with Gasteiger partial charge in [-0.3, -0.25) is 4.79 Å². The molecule has 2 aromatic rings. The monoisotopic (exact) mass is 243 g/mol. The summed E-state index contributed by atoms with van der Waals surface area (Å²) in [6.45, 7) is 0. The molecule has 0 atom stereocenters. The molecule has 0 amide bonds. The van der Waals surface area contributed by atoms with Gasteiger partial charge in [-0.1, -0.05) is 27.3 Å². The summed E-state index contributed by atoms with van der Waals surface area (Å²) in [5.41, 5.74) is 0.994. The molecule has 1 heterocycles. The summed E-state index contributed by atoms with van der Waals surface area (Å²) in [6.07, 6.45) is 0. The molecule has 0 radical (unpaired) electrons. The van der Waals surface area contributed by atoms with Crippen molar-refractivity contribution in [1.29, 1.82) is 0 Å². The molecule has 0 N–H and O–H groups in total. The third-order valence-electron chi connectivity index (χ3n) is 1.75. The molecule has 0 bridgehead atoms. The summed E-state index contributed by atoms with van der Waals surface area (Å²) in [5, 5.41) is 0. The number of aromatic nitrogens is 1. The smallest absolute Gasteiger partial charge is 0.302 e. The Morgan fingerprint density at radius 1 is 1.50 bits per heavy atom. The third kappa shape index (κ3) is 1.11. The molecule has 62 valence electrons. The van der Waals surface area contributed by atoms with E-state index in [1.807, 2.05) is 18.2 Å². The maximum atomic E-state index is 11.2. The Morgan fingerprint density at radius 3 is 3.00 bits per heavy atom. The van der Waals surface area contributed by atoms with Crippen LogP contribution in [-0.4, -0.2) is 4.57 Å². The first-order valence-corrected chi connectivity index (χ1v) is 5.04. The molecule has 0 spiro atoms. The first-order chi connectivity index (χ1) is 5.68. The lowest BCUT2D eigenvalue weighted by molar-refractivity contribution is 0.938. The summed E-state index contributed by atoms with van der Waals surface area (Å²) in [4.78, 5) is 11.3. The van der Waals surface area contributed by atoms with Crippen molar-refractivity contribution < 1.29 is 0 Å². The van der Waals surface area contributed by atoms with Crippen molar-refractivity contribution in [1.82, 2.24) is 4.57 Å². The van der Waals surface area contributed by atoms with Crippen LogP contribution in [0.25, 0.3) is 10.2 Å². The Labute approximate surface area is 81.6 Å². The molecule has 1 aromatic carbocycles. The van der Waals surface area contributed by atoms with Gasteiger partial charge in [0.15, 0.2) is 0 Å². The molecule has 2 nitrogen and oxygen atoms in total. The second-order valence-electron chi connectivity index (χ2n) is 2.54. The number of aryl methyl sites for hydroxylation is 1. The molecule has 0 aliphatic heterocycles. The van der Waals surface area contributed by atoms with Crippen LogP contribution in [0.3, 0.4) is 0 Å². The Morgan fingerprint density at radius 2 is 2.25 bits per heavy atom. The zero-order valence-corrected chi connectivity index (χ0v) is 8.78. The Kier molecular flexibility index (Phi) is 1.81. The summed E-state index contributed by atoms with van der Waals surface area (Å²) < 4.78 is 3.70. The molecule has 0 unspecified atom stereocenters. The summed E-state index contributed by atoms with van der Waals surface area (Å²) >= 11 is 4.63. The number of nitrogens with zero attached hydrogens (tertiary/aromatic N) is 1. The average Bonchev–Trinajstić information content (AvgIpc) is 2.28. The minimum atomic E-state index is 0.0862. The number of hydrogen-bond acceptors (Lipinski definition) is 2. The number of hydrogen-bond donors (Lipinski definition) is 0. The van der Waals surface area contributed by atoms with E-state index < -0.39 is 0 Å². The largest absolute Gasteiger partial charge is 0.307 e. The van der Waals surface area contributed by atoms with Gasteiger partial charge in [0.25, 0.3) is 0 Å². The highest BCUT2D eigenvalue weighted by atomic mass is 79.9. The van der Waals surface area contributed by atoms with Gasteiger partial charge in [0, 0.05) is 11.5 Å². The number of benzene rings is 1. The van der Waals surface area contributed by atoms with Crippen LogP contribution >= 0.6 is 27.3 Å². The molecule has 1 aromatic heterocycles. The first kappa shape index (κ1) is 8.01. The van der Waals surface area contributed by atoms with Crippen molar-refractivity contribution in [2.24, 2.45) is 7.05 Å². The molecule has 4 heteroatoms. The van der Waals surface area contributed by atoms with Gasteiger partial charge in [-0.05, 0) is 18.2 Å². The fourth-order valence-electron chi connectivity index (χ4n) is 1.11. The number of fused-ring (bicyclic) bond motifs is 1. The molecule has 0 aliphatic rings. The van der Waals surface area contributed by atoms with Gasteiger partial charge in [0.05, 0.1) is 10.2 Å². The van der Waals surface area contributed by atoms with E-state index in [0.29, 0.717) is 0 Å². The van der Waals surface area contributed by atoms with Crippen molar-refractivity contribution in [2.75, 3.05) is 0 Å². The normalized spacial score (nSPS) is 10.8. The molecular weight excluding hydrogens is 238 g/mol. The molecule has 0 aliphatic carbocycles. The summed E-state index contributed by atoms with van der Waals surface area (Å²) in [6, 6.07) is 5.84. The van der Waals surface area contributed by atoms with E-state index in [-0.39, 0.29) is 4.87 Å². The van der Waals surface area contributed by atoms with E-state index >= 15 is 0 Å². The van der Waals surface area contributed by atoms with Crippen molar-refractivity contribution in [3.05, 3.63) is 32.3 Å². The lowest BCUT2D eigenvalue weighted by Crippen LogP contribution is -2.06. The number of thiazole rings is 1. The van der Waals surface area contributed by atoms with Crippen LogP contribution in [0.5, 0.6) is 0 Å². The quantitative estimate of drug-likeness (QED) is 0.697. The van der Waals surface area contributed by atoms with Crippen molar-refractivity contribution in [2.45, 2.75) is 0 Å². The van der Waals surface area contributed by atoms with Gasteiger partial charge < -0.3 is 4.57 Å². The zero-order valence-electron chi connectivity index (χ0n) is 6.37. The topological polar surface area (TPSA) is 22.0 Å². The van der Waals surface area contributed by atoms with Crippen LogP contribution in [0, 0.1) is 0 Å². The lowest BCUT2D eigenvalue weighted by atomic mass is 10.3. The fraction of sp³-hybridized carbons (Fsp3) is 0.125. The van der Waals surface area contributed by atoms with Gasteiger partial charge in [0.1, 0.15) is 0 Å². The predicted molar refractivity (Wildman–Crippen MR) is 54.8 cm³/mol. The van der Waals surface area contributed by atoms with Crippen molar-refractivity contribution >= 4 is 37.5 Å². The zero-order chi connectivity index (χ0) is 8.72.